The molecule has 0 fully saturated rings. The first kappa shape index (κ1) is 30.2. The van der Waals surface area contributed by atoms with Crippen LogP contribution in [0.1, 0.15) is 0 Å². The molecule has 54 heavy (non-hydrogen) atoms. The molecule has 2 heterocycles. The van der Waals surface area contributed by atoms with Crippen molar-refractivity contribution in [1.29, 1.82) is 0 Å². The third-order valence-corrected chi connectivity index (χ3v) is 13.8. The summed E-state index contributed by atoms with van der Waals surface area (Å²) < 4.78 is 5.45. The standard InChI is InChI=1S/C52H30S2/c1-2-12-31(13-3-1)32-22-23-34-29-35(25-24-33(34)28-32)47-37-14-4-6-16-39(37)48(40-17-7-5-15-38(40)47)36-26-27-44-46(30-36)54-52-42-19-9-8-18-41(42)51-49(50(44)52)43-20-10-11-21-45(43)53-51/h1-30H. The molecule has 2 heteroatoms. The highest BCUT2D eigenvalue weighted by atomic mass is 32.1. The number of hydrogen-bond donors (Lipinski definition) is 0. The van der Waals surface area contributed by atoms with Crippen molar-refractivity contribution >= 4 is 106 Å². The molecule has 0 spiro atoms. The Hall–Kier alpha value is -6.32. The normalized spacial score (nSPS) is 12.1. The van der Waals surface area contributed by atoms with Gasteiger partial charge in [0.05, 0.1) is 0 Å². The van der Waals surface area contributed by atoms with E-state index in [0.717, 1.165) is 0 Å². The van der Waals surface area contributed by atoms with Crippen LogP contribution in [0.4, 0.5) is 0 Å². The van der Waals surface area contributed by atoms with Gasteiger partial charge in [0.2, 0.25) is 0 Å². The average molecular weight is 719 g/mol. The monoisotopic (exact) mass is 718 g/mol. The minimum atomic E-state index is 1.24. The summed E-state index contributed by atoms with van der Waals surface area (Å²) >= 11 is 3.87. The Bertz CT molecular complexity index is 3430. The van der Waals surface area contributed by atoms with E-state index in [1.54, 1.807) is 0 Å². The molecule has 0 atom stereocenters. The van der Waals surface area contributed by atoms with Crippen LogP contribution >= 0.6 is 22.7 Å². The molecule has 10 aromatic carbocycles. The number of fused-ring (bicyclic) bond motifs is 13. The van der Waals surface area contributed by atoms with Crippen LogP contribution in [-0.4, -0.2) is 0 Å². The van der Waals surface area contributed by atoms with Crippen LogP contribution in [0.3, 0.4) is 0 Å². The van der Waals surface area contributed by atoms with E-state index >= 15 is 0 Å². The zero-order chi connectivity index (χ0) is 35.3. The fourth-order valence-corrected chi connectivity index (χ4v) is 11.6. The minimum absolute atomic E-state index is 1.24. The van der Waals surface area contributed by atoms with Crippen LogP contribution in [0.2, 0.25) is 0 Å². The predicted molar refractivity (Wildman–Crippen MR) is 239 cm³/mol. The van der Waals surface area contributed by atoms with Gasteiger partial charge in [0.15, 0.2) is 0 Å². The maximum Gasteiger partial charge on any atom is 0.0441 e. The van der Waals surface area contributed by atoms with Crippen molar-refractivity contribution in [2.45, 2.75) is 0 Å². The van der Waals surface area contributed by atoms with Gasteiger partial charge in [0.25, 0.3) is 0 Å². The molecule has 0 aliphatic rings. The van der Waals surface area contributed by atoms with E-state index in [1.807, 2.05) is 22.7 Å². The maximum absolute atomic E-state index is 2.46. The minimum Gasteiger partial charge on any atom is -0.135 e. The summed E-state index contributed by atoms with van der Waals surface area (Å²) in [5.74, 6) is 0. The summed E-state index contributed by atoms with van der Waals surface area (Å²) in [6.07, 6.45) is 0. The highest BCUT2D eigenvalue weighted by Gasteiger charge is 2.21. The van der Waals surface area contributed by atoms with Gasteiger partial charge in [-0.25, -0.2) is 0 Å². The Morgan fingerprint density at radius 1 is 0.259 bits per heavy atom. The first-order chi connectivity index (χ1) is 26.8. The summed E-state index contributed by atoms with van der Waals surface area (Å²) in [5, 5.41) is 15.8. The zero-order valence-corrected chi connectivity index (χ0v) is 30.8. The molecule has 0 nitrogen and oxygen atoms in total. The van der Waals surface area contributed by atoms with Gasteiger partial charge in [-0.2, -0.15) is 0 Å². The van der Waals surface area contributed by atoms with E-state index in [0.29, 0.717) is 0 Å². The summed E-state index contributed by atoms with van der Waals surface area (Å²) in [5.41, 5.74) is 7.58. The SMILES string of the molecule is c1ccc(-c2ccc3cc(-c4c5ccccc5c(-c5ccc6c(c5)sc5c7ccccc7c7sc8ccccc8c7c65)c5ccccc45)ccc3c2)cc1. The lowest BCUT2D eigenvalue weighted by Gasteiger charge is -2.18. The maximum atomic E-state index is 2.46. The van der Waals surface area contributed by atoms with Crippen molar-refractivity contribution in [3.8, 4) is 33.4 Å². The van der Waals surface area contributed by atoms with Crippen LogP contribution < -0.4 is 0 Å². The third-order valence-electron chi connectivity index (χ3n) is 11.4. The van der Waals surface area contributed by atoms with Crippen molar-refractivity contribution in [3.05, 3.63) is 182 Å². The Balaban J connectivity index is 1.10. The second kappa shape index (κ2) is 11.6. The van der Waals surface area contributed by atoms with E-state index in [9.17, 15) is 0 Å². The molecule has 0 N–H and O–H groups in total. The highest BCUT2D eigenvalue weighted by Crippen LogP contribution is 2.51. The van der Waals surface area contributed by atoms with Crippen molar-refractivity contribution in [2.75, 3.05) is 0 Å². The Labute approximate surface area is 319 Å². The van der Waals surface area contributed by atoms with Gasteiger partial charge in [0.1, 0.15) is 0 Å². The van der Waals surface area contributed by atoms with Crippen molar-refractivity contribution in [1.82, 2.24) is 0 Å². The van der Waals surface area contributed by atoms with E-state index in [1.165, 1.54) is 117 Å². The smallest absolute Gasteiger partial charge is 0.0441 e. The Morgan fingerprint density at radius 2 is 0.685 bits per heavy atom. The molecule has 0 radical (unpaired) electrons. The van der Waals surface area contributed by atoms with Crippen LogP contribution in [0.5, 0.6) is 0 Å². The quantitative estimate of drug-likeness (QED) is 0.160. The molecule has 0 saturated heterocycles. The number of thiophene rings is 2. The van der Waals surface area contributed by atoms with Crippen LogP contribution in [0, 0.1) is 0 Å². The van der Waals surface area contributed by atoms with Gasteiger partial charge >= 0.3 is 0 Å². The number of benzene rings is 10. The molecule has 2 aromatic heterocycles. The first-order valence-electron chi connectivity index (χ1n) is 18.5. The van der Waals surface area contributed by atoms with Gasteiger partial charge < -0.3 is 0 Å². The first-order valence-corrected chi connectivity index (χ1v) is 20.1. The lowest BCUT2D eigenvalue weighted by molar-refractivity contribution is 1.64. The van der Waals surface area contributed by atoms with Crippen LogP contribution in [0.15, 0.2) is 182 Å². The largest absolute Gasteiger partial charge is 0.135 e. The molecule has 0 saturated carbocycles. The Morgan fingerprint density at radius 3 is 1.30 bits per heavy atom. The highest BCUT2D eigenvalue weighted by molar-refractivity contribution is 7.29. The zero-order valence-electron chi connectivity index (χ0n) is 29.1. The third kappa shape index (κ3) is 4.36. The van der Waals surface area contributed by atoms with E-state index < -0.39 is 0 Å². The van der Waals surface area contributed by atoms with Gasteiger partial charge in [-0.3, -0.25) is 0 Å². The molecule has 0 aliphatic heterocycles. The topological polar surface area (TPSA) is 0 Å². The van der Waals surface area contributed by atoms with Gasteiger partial charge in [-0.15, -0.1) is 22.7 Å². The number of rotatable bonds is 3. The van der Waals surface area contributed by atoms with Gasteiger partial charge in [0, 0.05) is 51.1 Å². The predicted octanol–water partition coefficient (Wildman–Crippen LogP) is 16.0. The van der Waals surface area contributed by atoms with Crippen molar-refractivity contribution < 1.29 is 0 Å². The lowest BCUT2D eigenvalue weighted by atomic mass is 9.85. The van der Waals surface area contributed by atoms with Crippen molar-refractivity contribution in [2.24, 2.45) is 0 Å². The molecule has 0 bridgehead atoms. The molecule has 0 aliphatic carbocycles. The summed E-state index contributed by atoms with van der Waals surface area (Å²) in [6.45, 7) is 0. The van der Waals surface area contributed by atoms with Gasteiger partial charge in [-0.1, -0.05) is 158 Å². The second-order valence-electron chi connectivity index (χ2n) is 14.3. The van der Waals surface area contributed by atoms with E-state index in [2.05, 4.69) is 182 Å². The molecule has 12 rings (SSSR count). The summed E-state index contributed by atoms with van der Waals surface area (Å²) in [7, 11) is 0. The van der Waals surface area contributed by atoms with Crippen molar-refractivity contribution in [3.63, 3.8) is 0 Å². The average Bonchev–Trinajstić information content (AvgIpc) is 3.81. The fourth-order valence-electron chi connectivity index (χ4n) is 9.01. The lowest BCUT2D eigenvalue weighted by Crippen LogP contribution is -1.91. The van der Waals surface area contributed by atoms with E-state index in [4.69, 9.17) is 0 Å². The molecule has 12 aromatic rings. The van der Waals surface area contributed by atoms with Gasteiger partial charge in [-0.05, 0) is 90.0 Å². The Kier molecular flexibility index (Phi) is 6.48. The number of hydrogen-bond acceptors (Lipinski definition) is 2. The molecular formula is C52H30S2. The fraction of sp³-hybridized carbons (Fsp3) is 0. The summed E-state index contributed by atoms with van der Waals surface area (Å²) in [6, 6.07) is 67.6. The summed E-state index contributed by atoms with van der Waals surface area (Å²) in [4.78, 5) is 0. The molecular weight excluding hydrogens is 689 g/mol. The second-order valence-corrected chi connectivity index (χ2v) is 16.5. The van der Waals surface area contributed by atoms with E-state index in [-0.39, 0.29) is 0 Å². The molecule has 0 amide bonds. The molecule has 250 valence electrons. The molecule has 0 unspecified atom stereocenters. The van der Waals surface area contributed by atoms with Crippen LogP contribution in [-0.2, 0) is 0 Å². The van der Waals surface area contributed by atoms with Crippen LogP contribution in [0.25, 0.3) is 117 Å².